The molecule has 2 aliphatic rings. The topological polar surface area (TPSA) is 88.2 Å². The Morgan fingerprint density at radius 2 is 1.51 bits per heavy atom. The van der Waals surface area contributed by atoms with Crippen molar-refractivity contribution in [3.05, 3.63) is 35.9 Å². The van der Waals surface area contributed by atoms with Crippen LogP contribution >= 0.6 is 0 Å². The predicted molar refractivity (Wildman–Crippen MR) is 130 cm³/mol. The Hall–Kier alpha value is -2.98. The molecule has 0 spiro atoms. The van der Waals surface area contributed by atoms with Gasteiger partial charge in [-0.2, -0.15) is 13.2 Å². The van der Waals surface area contributed by atoms with Crippen LogP contribution in [-0.4, -0.2) is 71.4 Å². The molecule has 1 aromatic rings. The van der Waals surface area contributed by atoms with Crippen LogP contribution in [0.5, 0.6) is 0 Å². The molecule has 11 heteroatoms. The fourth-order valence-electron chi connectivity index (χ4n) is 4.59. The minimum atomic E-state index is -4.66. The zero-order valence-electron chi connectivity index (χ0n) is 21.6. The van der Waals surface area contributed by atoms with Crippen molar-refractivity contribution in [2.75, 3.05) is 26.2 Å². The maximum Gasteiger partial charge on any atom is 0.411 e. The van der Waals surface area contributed by atoms with Crippen LogP contribution in [0.25, 0.3) is 0 Å². The van der Waals surface area contributed by atoms with E-state index in [4.69, 9.17) is 9.47 Å². The summed E-state index contributed by atoms with van der Waals surface area (Å²) >= 11 is 0. The van der Waals surface area contributed by atoms with Crippen LogP contribution in [0, 0.1) is 5.92 Å². The first-order valence-corrected chi connectivity index (χ1v) is 12.6. The summed E-state index contributed by atoms with van der Waals surface area (Å²) in [6.45, 7) is 5.77. The minimum absolute atomic E-state index is 0.0318. The molecule has 2 heterocycles. The van der Waals surface area contributed by atoms with E-state index in [1.165, 1.54) is 4.90 Å². The molecule has 3 rings (SSSR count). The van der Waals surface area contributed by atoms with Crippen molar-refractivity contribution in [3.8, 4) is 0 Å². The average Bonchev–Trinajstić information content (AvgIpc) is 2.82. The molecule has 0 aliphatic carbocycles. The van der Waals surface area contributed by atoms with Gasteiger partial charge >= 0.3 is 18.4 Å². The third kappa shape index (κ3) is 8.00. The lowest BCUT2D eigenvalue weighted by atomic mass is 9.85. The second kappa shape index (κ2) is 11.6. The summed E-state index contributed by atoms with van der Waals surface area (Å²) in [5, 5.41) is 2.25. The van der Waals surface area contributed by atoms with Gasteiger partial charge in [-0.15, -0.1) is 0 Å². The Morgan fingerprint density at radius 3 is 2.05 bits per heavy atom. The number of hydrogen-bond acceptors (Lipinski definition) is 5. The number of ether oxygens (including phenoxy) is 2. The van der Waals surface area contributed by atoms with Crippen molar-refractivity contribution >= 4 is 18.1 Å². The van der Waals surface area contributed by atoms with Crippen molar-refractivity contribution in [1.29, 1.82) is 0 Å². The number of likely N-dealkylation sites (tertiary alicyclic amines) is 2. The molecule has 8 nitrogen and oxygen atoms in total. The second-order valence-electron chi connectivity index (χ2n) is 10.8. The normalized spacial score (nSPS) is 18.8. The number of rotatable bonds is 5. The molecule has 2 saturated heterocycles. The molecular formula is C26H36F3N3O5. The third-order valence-electron chi connectivity index (χ3n) is 6.74. The number of carbonyl (C=O) groups excluding carboxylic acids is 3. The summed E-state index contributed by atoms with van der Waals surface area (Å²) in [6, 6.07) is 9.00. The largest absolute Gasteiger partial charge is 0.445 e. The third-order valence-corrected chi connectivity index (χ3v) is 6.74. The fraction of sp³-hybridized carbons (Fsp3) is 0.654. The molecule has 1 N–H and O–H groups in total. The van der Waals surface area contributed by atoms with Crippen LogP contribution < -0.4 is 5.32 Å². The second-order valence-corrected chi connectivity index (χ2v) is 10.8. The highest BCUT2D eigenvalue weighted by atomic mass is 19.4. The zero-order valence-corrected chi connectivity index (χ0v) is 21.6. The van der Waals surface area contributed by atoms with Gasteiger partial charge in [-0.05, 0) is 57.9 Å². The Balaban J connectivity index is 1.49. The lowest BCUT2D eigenvalue weighted by Gasteiger charge is -2.43. The first-order chi connectivity index (χ1) is 17.3. The van der Waals surface area contributed by atoms with E-state index in [-0.39, 0.29) is 32.0 Å². The molecule has 2 fully saturated rings. The van der Waals surface area contributed by atoms with E-state index in [9.17, 15) is 27.6 Å². The lowest BCUT2D eigenvalue weighted by Crippen LogP contribution is -2.64. The summed E-state index contributed by atoms with van der Waals surface area (Å²) in [7, 11) is 0. The molecule has 0 atom stereocenters. The van der Waals surface area contributed by atoms with Gasteiger partial charge in [0.1, 0.15) is 17.7 Å². The smallest absolute Gasteiger partial charge is 0.411 e. The van der Waals surface area contributed by atoms with Crippen molar-refractivity contribution in [3.63, 3.8) is 0 Å². The Labute approximate surface area is 215 Å². The predicted octanol–water partition coefficient (Wildman–Crippen LogP) is 4.87. The van der Waals surface area contributed by atoms with E-state index in [1.54, 1.807) is 49.9 Å². The zero-order chi connectivity index (χ0) is 27.3. The first-order valence-electron chi connectivity index (χ1n) is 12.6. The summed E-state index contributed by atoms with van der Waals surface area (Å²) in [5.74, 6) is -0.801. The summed E-state index contributed by atoms with van der Waals surface area (Å²) < 4.78 is 52.9. The highest BCUT2D eigenvalue weighted by Crippen LogP contribution is 2.39. The van der Waals surface area contributed by atoms with Crippen molar-refractivity contribution < 1.29 is 37.0 Å². The molecule has 0 radical (unpaired) electrons. The summed E-state index contributed by atoms with van der Waals surface area (Å²) in [4.78, 5) is 40.1. The highest BCUT2D eigenvalue weighted by molar-refractivity contribution is 5.77. The summed E-state index contributed by atoms with van der Waals surface area (Å²) in [5.41, 5.74) is -2.23. The van der Waals surface area contributed by atoms with Gasteiger partial charge in [0.25, 0.3) is 0 Å². The fourth-order valence-corrected chi connectivity index (χ4v) is 4.59. The van der Waals surface area contributed by atoms with Crippen LogP contribution in [0.1, 0.15) is 58.4 Å². The van der Waals surface area contributed by atoms with Crippen LogP contribution in [0.3, 0.4) is 0 Å². The lowest BCUT2D eigenvalue weighted by molar-refractivity contribution is -0.209. The van der Waals surface area contributed by atoms with Crippen LogP contribution in [0.4, 0.5) is 22.8 Å². The van der Waals surface area contributed by atoms with E-state index >= 15 is 0 Å². The van der Waals surface area contributed by atoms with E-state index in [0.717, 1.165) is 5.56 Å². The number of nitrogens with one attached hydrogen (secondary N) is 1. The van der Waals surface area contributed by atoms with E-state index in [1.807, 2.05) is 6.07 Å². The molecule has 37 heavy (non-hydrogen) atoms. The Kier molecular flexibility index (Phi) is 8.96. The van der Waals surface area contributed by atoms with Crippen LogP contribution in [0.15, 0.2) is 30.3 Å². The molecule has 206 valence electrons. The summed E-state index contributed by atoms with van der Waals surface area (Å²) in [6.07, 6.45) is -5.70. The van der Waals surface area contributed by atoms with Gasteiger partial charge in [0.15, 0.2) is 0 Å². The minimum Gasteiger partial charge on any atom is -0.445 e. The number of carbonyl (C=O) groups is 3. The molecule has 1 aromatic carbocycles. The van der Waals surface area contributed by atoms with Gasteiger partial charge in [0.05, 0.1) is 0 Å². The molecule has 2 aliphatic heterocycles. The highest BCUT2D eigenvalue weighted by Gasteiger charge is 2.57. The quantitative estimate of drug-likeness (QED) is 0.590. The van der Waals surface area contributed by atoms with Crippen LogP contribution in [0.2, 0.25) is 0 Å². The molecular weight excluding hydrogens is 491 g/mol. The van der Waals surface area contributed by atoms with Gasteiger partial charge in [-0.25, -0.2) is 9.59 Å². The van der Waals surface area contributed by atoms with Gasteiger partial charge in [-0.1, -0.05) is 30.3 Å². The van der Waals surface area contributed by atoms with E-state index < -0.39 is 48.3 Å². The monoisotopic (exact) mass is 527 g/mol. The SMILES string of the molecule is CC(C)(C)OC(=O)N1CCC(CC(=O)NC2(C(F)(F)F)CCN(C(=O)OCc3ccccc3)CC2)CC1. The molecule has 0 aromatic heterocycles. The molecule has 0 unspecified atom stereocenters. The number of amides is 3. The van der Waals surface area contributed by atoms with Crippen LogP contribution in [-0.2, 0) is 20.9 Å². The average molecular weight is 528 g/mol. The molecule has 3 amide bonds. The standard InChI is InChI=1S/C26H36F3N3O5/c1-24(2,3)37-23(35)31-13-9-19(10-14-31)17-21(33)30-25(26(27,28)29)11-15-32(16-12-25)22(34)36-18-20-7-5-4-6-8-20/h4-8,19H,9-18H2,1-3H3,(H,30,33). The molecule has 0 saturated carbocycles. The number of nitrogens with zero attached hydrogens (tertiary/aromatic N) is 2. The van der Waals surface area contributed by atoms with Gasteiger partial charge < -0.3 is 24.6 Å². The number of alkyl halides is 3. The number of piperidine rings is 2. The van der Waals surface area contributed by atoms with Crippen molar-refractivity contribution in [1.82, 2.24) is 15.1 Å². The van der Waals surface area contributed by atoms with Gasteiger partial charge in [0.2, 0.25) is 5.91 Å². The Morgan fingerprint density at radius 1 is 0.946 bits per heavy atom. The van der Waals surface area contributed by atoms with Gasteiger partial charge in [0, 0.05) is 32.6 Å². The van der Waals surface area contributed by atoms with Crippen molar-refractivity contribution in [2.45, 2.75) is 76.8 Å². The Bertz CT molecular complexity index is 933. The maximum atomic E-state index is 14.1. The number of hydrogen-bond donors (Lipinski definition) is 1. The first kappa shape index (κ1) is 28.6. The number of halogens is 3. The van der Waals surface area contributed by atoms with Gasteiger partial charge in [-0.3, -0.25) is 4.79 Å². The molecule has 0 bridgehead atoms. The maximum absolute atomic E-state index is 14.1. The number of benzene rings is 1. The van der Waals surface area contributed by atoms with Crippen molar-refractivity contribution in [2.24, 2.45) is 5.92 Å². The van der Waals surface area contributed by atoms with E-state index in [0.29, 0.717) is 25.9 Å². The van der Waals surface area contributed by atoms with E-state index in [2.05, 4.69) is 5.32 Å².